The van der Waals surface area contributed by atoms with Gasteiger partial charge in [0.2, 0.25) is 5.88 Å². The minimum absolute atomic E-state index is 0.0115. The van der Waals surface area contributed by atoms with E-state index < -0.39 is 28.6 Å². The largest absolute Gasteiger partial charge is 0.472 e. The van der Waals surface area contributed by atoms with Crippen LogP contribution in [0.3, 0.4) is 0 Å². The van der Waals surface area contributed by atoms with E-state index in [0.717, 1.165) is 12.3 Å². The number of aromatic nitrogens is 4. The number of aryl methyl sites for hydroxylation is 1. The highest BCUT2D eigenvalue weighted by Gasteiger charge is 2.23. The maximum Gasteiger partial charge on any atom is 0.276 e. The van der Waals surface area contributed by atoms with Crippen LogP contribution in [-0.2, 0) is 12.2 Å². The number of benzene rings is 2. The first-order valence-electron chi connectivity index (χ1n) is 11.2. The Bertz CT molecular complexity index is 1620. The van der Waals surface area contributed by atoms with Gasteiger partial charge in [-0.25, -0.2) is 23.1 Å². The number of nitrogens with zero attached hydrogens (tertiary/aromatic N) is 4. The predicted molar refractivity (Wildman–Crippen MR) is 139 cm³/mol. The second-order valence-electron chi connectivity index (χ2n) is 8.97. The first kappa shape index (κ1) is 27.7. The molecule has 0 fully saturated rings. The lowest BCUT2D eigenvalue weighted by Gasteiger charge is -2.17. The summed E-state index contributed by atoms with van der Waals surface area (Å²) in [6.45, 7) is 5.49. The molecule has 2 aromatic heterocycles. The Balaban J connectivity index is 1.75. The lowest BCUT2D eigenvalue weighted by atomic mass is 10.1. The molecule has 0 saturated heterocycles. The summed E-state index contributed by atoms with van der Waals surface area (Å²) >= 11 is 9.60. The molecule has 12 heteroatoms. The Hall–Kier alpha value is -3.28. The van der Waals surface area contributed by atoms with Crippen LogP contribution in [0, 0.1) is 31.3 Å². The number of aliphatic hydroxyl groups is 1. The predicted octanol–water partition coefficient (Wildman–Crippen LogP) is 5.95. The van der Waals surface area contributed by atoms with Crippen LogP contribution in [0.4, 0.5) is 13.2 Å². The molecular weight excluding hydrogens is 589 g/mol. The molecule has 0 amide bonds. The SMILES string of the molecule is Cc1c(F)ccc(COc2nc(C)n(-c3cc(-c4nc(C(C)(C)O)ncc4F)ccc3Cl)c(=O)c2Br)c1F. The van der Waals surface area contributed by atoms with Crippen molar-refractivity contribution in [1.82, 2.24) is 19.5 Å². The number of hydrogen-bond donors (Lipinski definition) is 1. The van der Waals surface area contributed by atoms with Gasteiger partial charge in [0, 0.05) is 16.7 Å². The van der Waals surface area contributed by atoms with E-state index in [0.29, 0.717) is 0 Å². The minimum Gasteiger partial charge on any atom is -0.472 e. The zero-order chi connectivity index (χ0) is 27.9. The number of ether oxygens (including phenoxy) is 1. The summed E-state index contributed by atoms with van der Waals surface area (Å²) in [7, 11) is 0. The summed E-state index contributed by atoms with van der Waals surface area (Å²) in [4.78, 5) is 25.6. The molecule has 2 aromatic carbocycles. The molecule has 198 valence electrons. The van der Waals surface area contributed by atoms with Crippen LogP contribution in [-0.4, -0.2) is 24.6 Å². The van der Waals surface area contributed by atoms with Gasteiger partial charge in [-0.1, -0.05) is 17.7 Å². The summed E-state index contributed by atoms with van der Waals surface area (Å²) in [5.41, 5.74) is -1.69. The molecule has 2 heterocycles. The molecule has 0 aliphatic heterocycles. The Kier molecular flexibility index (Phi) is 7.64. The van der Waals surface area contributed by atoms with Gasteiger partial charge in [-0.3, -0.25) is 9.36 Å². The molecule has 0 atom stereocenters. The molecule has 4 aromatic rings. The monoisotopic (exact) mass is 608 g/mol. The molecule has 0 aliphatic rings. The Morgan fingerprint density at radius 2 is 1.82 bits per heavy atom. The molecule has 0 spiro atoms. The molecule has 0 radical (unpaired) electrons. The normalized spacial score (nSPS) is 11.6. The van der Waals surface area contributed by atoms with E-state index in [1.54, 1.807) is 0 Å². The van der Waals surface area contributed by atoms with Crippen molar-refractivity contribution in [3.05, 3.63) is 96.6 Å². The second kappa shape index (κ2) is 10.5. The lowest BCUT2D eigenvalue weighted by molar-refractivity contribution is 0.0686. The van der Waals surface area contributed by atoms with Crippen LogP contribution in [0.15, 0.2) is 45.8 Å². The smallest absolute Gasteiger partial charge is 0.276 e. The van der Waals surface area contributed by atoms with Gasteiger partial charge in [-0.2, -0.15) is 4.98 Å². The highest BCUT2D eigenvalue weighted by molar-refractivity contribution is 9.10. The van der Waals surface area contributed by atoms with E-state index in [9.17, 15) is 23.1 Å². The third-order valence-electron chi connectivity index (χ3n) is 5.68. The Labute approximate surface area is 229 Å². The second-order valence-corrected chi connectivity index (χ2v) is 10.2. The van der Waals surface area contributed by atoms with Crippen LogP contribution in [0.5, 0.6) is 5.88 Å². The van der Waals surface area contributed by atoms with Crippen LogP contribution in [0.2, 0.25) is 5.02 Å². The van der Waals surface area contributed by atoms with Crippen LogP contribution in [0.25, 0.3) is 16.9 Å². The van der Waals surface area contributed by atoms with Crippen LogP contribution >= 0.6 is 27.5 Å². The zero-order valence-corrected chi connectivity index (χ0v) is 23.0. The fourth-order valence-corrected chi connectivity index (χ4v) is 4.22. The highest BCUT2D eigenvalue weighted by Crippen LogP contribution is 2.31. The van der Waals surface area contributed by atoms with E-state index in [1.807, 2.05) is 0 Å². The molecule has 0 unspecified atom stereocenters. The first-order chi connectivity index (χ1) is 17.8. The third-order valence-corrected chi connectivity index (χ3v) is 6.68. The van der Waals surface area contributed by atoms with Crippen molar-refractivity contribution in [2.45, 2.75) is 39.9 Å². The average Bonchev–Trinajstić information content (AvgIpc) is 2.85. The summed E-state index contributed by atoms with van der Waals surface area (Å²) in [6.07, 6.45) is 0.955. The van der Waals surface area contributed by atoms with Gasteiger partial charge < -0.3 is 9.84 Å². The number of hydrogen-bond acceptors (Lipinski definition) is 6. The maximum absolute atomic E-state index is 14.7. The van der Waals surface area contributed by atoms with Gasteiger partial charge in [0.1, 0.15) is 39.8 Å². The molecule has 1 N–H and O–H groups in total. The summed E-state index contributed by atoms with van der Waals surface area (Å²) in [6, 6.07) is 6.83. The molecule has 4 rings (SSSR count). The Morgan fingerprint density at radius 3 is 2.50 bits per heavy atom. The van der Waals surface area contributed by atoms with E-state index >= 15 is 0 Å². The van der Waals surface area contributed by atoms with E-state index in [4.69, 9.17) is 16.3 Å². The van der Waals surface area contributed by atoms with Crippen molar-refractivity contribution in [1.29, 1.82) is 0 Å². The van der Waals surface area contributed by atoms with Crippen molar-refractivity contribution in [2.75, 3.05) is 0 Å². The minimum atomic E-state index is -1.41. The number of halogens is 5. The molecule has 0 bridgehead atoms. The van der Waals surface area contributed by atoms with Crippen molar-refractivity contribution >= 4 is 27.5 Å². The fraction of sp³-hybridized carbons (Fsp3) is 0.231. The maximum atomic E-state index is 14.7. The van der Waals surface area contributed by atoms with Gasteiger partial charge in [0.15, 0.2) is 11.6 Å². The van der Waals surface area contributed by atoms with E-state index in [2.05, 4.69) is 30.9 Å². The van der Waals surface area contributed by atoms with E-state index in [-0.39, 0.29) is 61.7 Å². The van der Waals surface area contributed by atoms with Crippen molar-refractivity contribution in [2.24, 2.45) is 0 Å². The average molecular weight is 610 g/mol. The fourth-order valence-electron chi connectivity index (χ4n) is 3.63. The van der Waals surface area contributed by atoms with E-state index in [1.165, 1.54) is 56.5 Å². The van der Waals surface area contributed by atoms with Gasteiger partial charge in [-0.15, -0.1) is 0 Å². The third kappa shape index (κ3) is 5.31. The summed E-state index contributed by atoms with van der Waals surface area (Å²) < 4.78 is 49.3. The van der Waals surface area contributed by atoms with Crippen molar-refractivity contribution < 1.29 is 23.0 Å². The molecule has 0 saturated carbocycles. The molecule has 0 aliphatic carbocycles. The van der Waals surface area contributed by atoms with Gasteiger partial charge in [0.25, 0.3) is 5.56 Å². The van der Waals surface area contributed by atoms with Gasteiger partial charge in [-0.05, 0) is 67.9 Å². The van der Waals surface area contributed by atoms with Crippen LogP contribution < -0.4 is 10.3 Å². The lowest BCUT2D eigenvalue weighted by Crippen LogP contribution is -2.24. The zero-order valence-electron chi connectivity index (χ0n) is 20.6. The van der Waals surface area contributed by atoms with Crippen LogP contribution in [0.1, 0.15) is 36.6 Å². The van der Waals surface area contributed by atoms with Gasteiger partial charge >= 0.3 is 0 Å². The summed E-state index contributed by atoms with van der Waals surface area (Å²) in [5.74, 6) is -2.09. The highest BCUT2D eigenvalue weighted by atomic mass is 79.9. The molecular formula is C26H21BrClF3N4O3. The topological polar surface area (TPSA) is 90.1 Å². The quantitative estimate of drug-likeness (QED) is 0.291. The number of rotatable bonds is 6. The summed E-state index contributed by atoms with van der Waals surface area (Å²) in [5, 5.41) is 10.4. The molecule has 38 heavy (non-hydrogen) atoms. The van der Waals surface area contributed by atoms with Crippen molar-refractivity contribution in [3.8, 4) is 22.8 Å². The molecule has 7 nitrogen and oxygen atoms in total. The van der Waals surface area contributed by atoms with Crippen molar-refractivity contribution in [3.63, 3.8) is 0 Å². The Morgan fingerprint density at radius 1 is 1.11 bits per heavy atom. The first-order valence-corrected chi connectivity index (χ1v) is 12.4. The van der Waals surface area contributed by atoms with Gasteiger partial charge in [0.05, 0.1) is 16.9 Å². The standard InChI is InChI=1S/C26H21BrClF3N4O3/c1-12-17(29)8-6-15(21(12)31)11-38-23-20(27)24(36)35(13(2)33-23)19-9-14(5-7-16(19)28)22-18(30)10-32-25(34-22)26(3,4)37/h5-10,37H,11H2,1-4H3.